The molecule has 3 rings (SSSR count). The fraction of sp³-hybridized carbons (Fsp3) is 0.143. The molecule has 0 aliphatic rings. The van der Waals surface area contributed by atoms with Gasteiger partial charge in [-0.15, -0.1) is 0 Å². The van der Waals surface area contributed by atoms with Gasteiger partial charge in [0.15, 0.2) is 0 Å². The standard InChI is InChI=1S/3C7H7.Cr/c3*1-7-5-3-2-4-6-7;/h3*2-6H,1H2;. The number of rotatable bonds is 6. The molecule has 0 bridgehead atoms. The Morgan fingerprint density at radius 1 is 0.409 bits per heavy atom. The van der Waals surface area contributed by atoms with Crippen molar-refractivity contribution in [1.82, 2.24) is 0 Å². The zero-order valence-corrected chi connectivity index (χ0v) is 14.0. The second-order valence-electron chi connectivity index (χ2n) is 5.50. The van der Waals surface area contributed by atoms with E-state index >= 15 is 0 Å². The molecule has 0 radical (unpaired) electrons. The van der Waals surface area contributed by atoms with Crippen molar-refractivity contribution in [2.45, 2.75) is 15.8 Å². The molecule has 111 valence electrons. The molecule has 0 atom stereocenters. The van der Waals surface area contributed by atoms with Crippen molar-refractivity contribution in [1.29, 1.82) is 0 Å². The summed E-state index contributed by atoms with van der Waals surface area (Å²) in [6, 6.07) is 32.9. The van der Waals surface area contributed by atoms with Crippen LogP contribution >= 0.6 is 0 Å². The Bertz CT molecular complexity index is 563. The second kappa shape index (κ2) is 7.99. The van der Waals surface area contributed by atoms with E-state index in [1.807, 2.05) is 0 Å². The average molecular weight is 325 g/mol. The minimum absolute atomic E-state index is 0.759. The number of hydrogen-bond acceptors (Lipinski definition) is 0. The van der Waals surface area contributed by atoms with Gasteiger partial charge in [0.25, 0.3) is 0 Å². The molecule has 0 N–H and O–H groups in total. The molecule has 0 aliphatic carbocycles. The van der Waals surface area contributed by atoms with Crippen molar-refractivity contribution in [3.05, 3.63) is 108 Å². The van der Waals surface area contributed by atoms with Crippen molar-refractivity contribution >= 4 is 0 Å². The van der Waals surface area contributed by atoms with Crippen molar-refractivity contribution in [3.63, 3.8) is 0 Å². The van der Waals surface area contributed by atoms with E-state index in [-0.39, 0.29) is 0 Å². The third-order valence-corrected chi connectivity index (χ3v) is 7.11. The molecule has 0 nitrogen and oxygen atoms in total. The molecule has 22 heavy (non-hydrogen) atoms. The zero-order chi connectivity index (χ0) is 15.0. The molecule has 0 aromatic heterocycles. The molecule has 0 aliphatic heterocycles. The monoisotopic (exact) mass is 325 g/mol. The van der Waals surface area contributed by atoms with Crippen LogP contribution < -0.4 is 0 Å². The summed E-state index contributed by atoms with van der Waals surface area (Å²) < 4.78 is 0. The molecular formula is C21H21Cr. The van der Waals surface area contributed by atoms with E-state index in [0.717, 1.165) is 0 Å². The molecule has 0 spiro atoms. The van der Waals surface area contributed by atoms with Crippen LogP contribution in [0.25, 0.3) is 0 Å². The van der Waals surface area contributed by atoms with Crippen molar-refractivity contribution in [3.8, 4) is 0 Å². The van der Waals surface area contributed by atoms with Crippen LogP contribution in [0.1, 0.15) is 16.7 Å². The van der Waals surface area contributed by atoms with E-state index in [0.29, 0.717) is 0 Å². The predicted molar refractivity (Wildman–Crippen MR) is 90.4 cm³/mol. The first-order chi connectivity index (χ1) is 10.9. The Labute approximate surface area is 137 Å². The molecule has 0 amide bonds. The van der Waals surface area contributed by atoms with Gasteiger partial charge in [-0.3, -0.25) is 0 Å². The van der Waals surface area contributed by atoms with Crippen LogP contribution in [0.4, 0.5) is 0 Å². The quantitative estimate of drug-likeness (QED) is 0.584. The summed E-state index contributed by atoms with van der Waals surface area (Å²) in [5.74, 6) is 0. The number of benzene rings is 3. The second-order valence-corrected chi connectivity index (χ2v) is 8.77. The maximum atomic E-state index is 2.27. The van der Waals surface area contributed by atoms with Crippen LogP contribution in [0.2, 0.25) is 0 Å². The van der Waals surface area contributed by atoms with E-state index in [1.165, 1.54) is 32.5 Å². The molecule has 0 saturated heterocycles. The Morgan fingerprint density at radius 3 is 0.955 bits per heavy atom. The molecule has 0 fully saturated rings. The molecule has 0 heterocycles. The topological polar surface area (TPSA) is 0 Å². The van der Waals surface area contributed by atoms with Crippen LogP contribution in [0, 0.1) is 0 Å². The Kier molecular flexibility index (Phi) is 5.49. The van der Waals surface area contributed by atoms with Gasteiger partial charge in [-0.2, -0.15) is 0 Å². The average Bonchev–Trinajstić information content (AvgIpc) is 2.57. The van der Waals surface area contributed by atoms with Gasteiger partial charge in [-0.05, 0) is 0 Å². The van der Waals surface area contributed by atoms with Gasteiger partial charge in [0.2, 0.25) is 0 Å². The summed E-state index contributed by atoms with van der Waals surface area (Å²) in [5.41, 5.74) is 4.46. The fourth-order valence-corrected chi connectivity index (χ4v) is 6.17. The molecule has 3 aromatic rings. The molecule has 0 saturated carbocycles. The Hall–Kier alpha value is -1.81. The van der Waals surface area contributed by atoms with Crippen LogP contribution in [0.5, 0.6) is 0 Å². The van der Waals surface area contributed by atoms with E-state index < -0.39 is 14.1 Å². The number of hydrogen-bond donors (Lipinski definition) is 0. The summed E-state index contributed by atoms with van der Waals surface area (Å²) >= 11 is -0.759. The third kappa shape index (κ3) is 4.60. The molecule has 0 unspecified atom stereocenters. The maximum absolute atomic E-state index is 2.27. The van der Waals surface area contributed by atoms with Gasteiger partial charge in [0.05, 0.1) is 0 Å². The van der Waals surface area contributed by atoms with Crippen molar-refractivity contribution in [2.75, 3.05) is 0 Å². The molecule has 1 heteroatoms. The van der Waals surface area contributed by atoms with Gasteiger partial charge in [-0.25, -0.2) is 0 Å². The van der Waals surface area contributed by atoms with Crippen LogP contribution in [0.3, 0.4) is 0 Å². The van der Waals surface area contributed by atoms with E-state index in [4.69, 9.17) is 0 Å². The Balaban J connectivity index is 1.75. The fourth-order valence-electron chi connectivity index (χ4n) is 2.58. The first-order valence-corrected chi connectivity index (χ1v) is 10.4. The predicted octanol–water partition coefficient (Wildman–Crippen LogP) is 5.21. The molecule has 3 aromatic carbocycles. The summed E-state index contributed by atoms with van der Waals surface area (Å²) in [7, 11) is 0. The van der Waals surface area contributed by atoms with Crippen LogP contribution in [-0.2, 0) is 30.0 Å². The first kappa shape index (κ1) is 15.1. The van der Waals surface area contributed by atoms with Crippen LogP contribution in [0.15, 0.2) is 91.0 Å². The van der Waals surface area contributed by atoms with E-state index in [9.17, 15) is 0 Å². The van der Waals surface area contributed by atoms with Crippen LogP contribution in [-0.4, -0.2) is 0 Å². The third-order valence-electron chi connectivity index (χ3n) is 3.64. The Morgan fingerprint density at radius 2 is 0.682 bits per heavy atom. The summed E-state index contributed by atoms with van der Waals surface area (Å²) in [5, 5.41) is 3.76. The van der Waals surface area contributed by atoms with Crippen molar-refractivity contribution < 1.29 is 14.1 Å². The van der Waals surface area contributed by atoms with Gasteiger partial charge in [0, 0.05) is 0 Å². The van der Waals surface area contributed by atoms with Gasteiger partial charge in [0.1, 0.15) is 0 Å². The van der Waals surface area contributed by atoms with Gasteiger partial charge in [-0.1, -0.05) is 0 Å². The SMILES string of the molecule is c1ccc([CH2][Cr]([CH2]c2ccccc2)[CH2]c2ccccc2)cc1. The normalized spacial score (nSPS) is 10.8. The van der Waals surface area contributed by atoms with Crippen molar-refractivity contribution in [2.24, 2.45) is 0 Å². The minimum atomic E-state index is -0.759. The zero-order valence-electron chi connectivity index (χ0n) is 12.7. The van der Waals surface area contributed by atoms with E-state index in [2.05, 4.69) is 91.0 Å². The molecular weight excluding hydrogens is 304 g/mol. The summed E-state index contributed by atoms with van der Waals surface area (Å²) in [4.78, 5) is 0. The summed E-state index contributed by atoms with van der Waals surface area (Å²) in [6.07, 6.45) is 0. The first-order valence-electron chi connectivity index (χ1n) is 7.66. The summed E-state index contributed by atoms with van der Waals surface area (Å²) in [6.45, 7) is 0. The van der Waals surface area contributed by atoms with E-state index in [1.54, 1.807) is 0 Å². The van der Waals surface area contributed by atoms with Gasteiger partial charge < -0.3 is 0 Å². The van der Waals surface area contributed by atoms with Gasteiger partial charge >= 0.3 is 138 Å².